The summed E-state index contributed by atoms with van der Waals surface area (Å²) in [6, 6.07) is 27.8. The van der Waals surface area contributed by atoms with Crippen molar-refractivity contribution in [3.8, 4) is 0 Å². The number of carbonyl (C=O) groups excluding carboxylic acids is 2. The highest BCUT2D eigenvalue weighted by Crippen LogP contribution is 2.39. The molecule has 1 aliphatic heterocycles. The SMILES string of the molecule is C/C(CC(C)(C)c1ccccc1)=N/NC(=O)c1ccc([C@@H]2SCC(=O)N2Cc2ccccc2)cc1. The van der Waals surface area contributed by atoms with Crippen LogP contribution in [0.5, 0.6) is 0 Å². The van der Waals surface area contributed by atoms with Gasteiger partial charge in [-0.2, -0.15) is 5.10 Å². The van der Waals surface area contributed by atoms with Crippen molar-refractivity contribution in [3.63, 3.8) is 0 Å². The number of thioether (sulfide) groups is 1. The molecule has 1 aliphatic rings. The fraction of sp³-hybridized carbons (Fsp3) is 0.276. The van der Waals surface area contributed by atoms with Crippen LogP contribution in [0.2, 0.25) is 0 Å². The summed E-state index contributed by atoms with van der Waals surface area (Å²) in [6.45, 7) is 6.86. The summed E-state index contributed by atoms with van der Waals surface area (Å²) in [7, 11) is 0. The van der Waals surface area contributed by atoms with Crippen molar-refractivity contribution < 1.29 is 9.59 Å². The number of amides is 2. The third-order valence-corrected chi connectivity index (χ3v) is 7.48. The van der Waals surface area contributed by atoms with E-state index in [1.165, 1.54) is 5.56 Å². The van der Waals surface area contributed by atoms with Crippen molar-refractivity contribution in [3.05, 3.63) is 107 Å². The van der Waals surface area contributed by atoms with Crippen molar-refractivity contribution in [1.82, 2.24) is 10.3 Å². The van der Waals surface area contributed by atoms with Crippen LogP contribution in [0.4, 0.5) is 0 Å². The molecule has 35 heavy (non-hydrogen) atoms. The van der Waals surface area contributed by atoms with Gasteiger partial charge in [0.05, 0.1) is 5.75 Å². The van der Waals surface area contributed by atoms with Gasteiger partial charge in [-0.3, -0.25) is 9.59 Å². The van der Waals surface area contributed by atoms with Crippen LogP contribution in [0.15, 0.2) is 90.0 Å². The first-order valence-electron chi connectivity index (χ1n) is 11.8. The second kappa shape index (κ2) is 10.9. The van der Waals surface area contributed by atoms with Crippen LogP contribution < -0.4 is 5.43 Å². The normalized spacial score (nSPS) is 16.4. The average Bonchev–Trinajstić information content (AvgIpc) is 3.23. The quantitative estimate of drug-likeness (QED) is 0.318. The zero-order chi connectivity index (χ0) is 24.8. The van der Waals surface area contributed by atoms with Gasteiger partial charge in [0, 0.05) is 17.8 Å². The van der Waals surface area contributed by atoms with Crippen LogP contribution >= 0.6 is 11.8 Å². The molecule has 0 unspecified atom stereocenters. The second-order valence-electron chi connectivity index (χ2n) is 9.51. The molecule has 5 nitrogen and oxygen atoms in total. The van der Waals surface area contributed by atoms with Gasteiger partial charge in [-0.05, 0) is 47.6 Å². The Hall–Kier alpha value is -3.38. The van der Waals surface area contributed by atoms with Crippen molar-refractivity contribution in [2.75, 3.05) is 5.75 Å². The van der Waals surface area contributed by atoms with Crippen LogP contribution in [0, 0.1) is 0 Å². The molecule has 1 N–H and O–H groups in total. The van der Waals surface area contributed by atoms with Crippen LogP contribution in [0.25, 0.3) is 0 Å². The molecular weight excluding hydrogens is 454 g/mol. The standard InChI is InChI=1S/C29H31N3O2S/c1-21(18-29(2,3)25-12-8-5-9-13-25)30-31-27(34)23-14-16-24(17-15-23)28-32(26(33)20-35-28)19-22-10-6-4-7-11-22/h4-17,28H,18-20H2,1-3H3,(H,31,34)/b30-21-/t28-/m0/s1. The predicted octanol–water partition coefficient (Wildman–Crippen LogP) is 5.93. The summed E-state index contributed by atoms with van der Waals surface area (Å²) < 4.78 is 0. The third-order valence-electron chi connectivity index (χ3n) is 6.22. The predicted molar refractivity (Wildman–Crippen MR) is 143 cm³/mol. The lowest BCUT2D eigenvalue weighted by Crippen LogP contribution is -2.27. The lowest BCUT2D eigenvalue weighted by atomic mass is 9.80. The van der Waals surface area contributed by atoms with Gasteiger partial charge in [0.25, 0.3) is 5.91 Å². The van der Waals surface area contributed by atoms with E-state index in [4.69, 9.17) is 0 Å². The highest BCUT2D eigenvalue weighted by molar-refractivity contribution is 8.00. The van der Waals surface area contributed by atoms with Gasteiger partial charge in [-0.25, -0.2) is 5.43 Å². The number of benzene rings is 3. The van der Waals surface area contributed by atoms with E-state index in [9.17, 15) is 9.59 Å². The molecule has 0 bridgehead atoms. The Bertz CT molecular complexity index is 1190. The van der Waals surface area contributed by atoms with E-state index in [0.717, 1.165) is 23.3 Å². The summed E-state index contributed by atoms with van der Waals surface area (Å²) in [6.07, 6.45) is 0.737. The number of nitrogens with one attached hydrogen (secondary N) is 1. The molecule has 0 aromatic heterocycles. The van der Waals surface area contributed by atoms with E-state index >= 15 is 0 Å². The number of nitrogens with zero attached hydrogens (tertiary/aromatic N) is 2. The van der Waals surface area contributed by atoms with Crippen LogP contribution in [0.3, 0.4) is 0 Å². The summed E-state index contributed by atoms with van der Waals surface area (Å²) >= 11 is 1.62. The molecular formula is C29H31N3O2S. The summed E-state index contributed by atoms with van der Waals surface area (Å²) in [4.78, 5) is 27.1. The van der Waals surface area contributed by atoms with Crippen molar-refractivity contribution in [2.45, 2.75) is 44.5 Å². The largest absolute Gasteiger partial charge is 0.322 e. The fourth-order valence-electron chi connectivity index (χ4n) is 4.36. The molecule has 4 rings (SSSR count). The lowest BCUT2D eigenvalue weighted by molar-refractivity contribution is -0.128. The Balaban J connectivity index is 1.38. The highest BCUT2D eigenvalue weighted by atomic mass is 32.2. The molecule has 3 aromatic rings. The molecule has 0 radical (unpaired) electrons. The summed E-state index contributed by atoms with van der Waals surface area (Å²) in [5.41, 5.74) is 7.36. The minimum atomic E-state index is -0.246. The zero-order valence-corrected chi connectivity index (χ0v) is 21.2. The van der Waals surface area contributed by atoms with Gasteiger partial charge < -0.3 is 4.90 Å². The first-order valence-corrected chi connectivity index (χ1v) is 12.8. The molecule has 0 saturated carbocycles. The molecule has 1 heterocycles. The van der Waals surface area contributed by atoms with E-state index in [0.29, 0.717) is 17.9 Å². The maximum absolute atomic E-state index is 12.7. The Labute approximate surface area is 211 Å². The van der Waals surface area contributed by atoms with E-state index in [2.05, 4.69) is 36.5 Å². The second-order valence-corrected chi connectivity index (χ2v) is 10.6. The van der Waals surface area contributed by atoms with Crippen LogP contribution in [-0.4, -0.2) is 28.2 Å². The summed E-state index contributed by atoms with van der Waals surface area (Å²) in [5, 5.41) is 4.28. The summed E-state index contributed by atoms with van der Waals surface area (Å²) in [5.74, 6) is 0.353. The third kappa shape index (κ3) is 6.20. The molecule has 6 heteroatoms. The Morgan fingerprint density at radius 2 is 1.63 bits per heavy atom. The van der Waals surface area contributed by atoms with Gasteiger partial charge in [-0.15, -0.1) is 11.8 Å². The van der Waals surface area contributed by atoms with Gasteiger partial charge >= 0.3 is 0 Å². The Morgan fingerprint density at radius 3 is 2.29 bits per heavy atom. The van der Waals surface area contributed by atoms with E-state index < -0.39 is 0 Å². The van der Waals surface area contributed by atoms with E-state index in [1.54, 1.807) is 23.9 Å². The topological polar surface area (TPSA) is 61.8 Å². The molecule has 0 spiro atoms. The molecule has 1 atom stereocenters. The maximum atomic E-state index is 12.7. The van der Waals surface area contributed by atoms with Gasteiger partial charge in [-0.1, -0.05) is 86.6 Å². The first kappa shape index (κ1) is 24.7. The highest BCUT2D eigenvalue weighted by Gasteiger charge is 2.32. The van der Waals surface area contributed by atoms with Crippen molar-refractivity contribution in [1.29, 1.82) is 0 Å². The maximum Gasteiger partial charge on any atom is 0.271 e. The Morgan fingerprint density at radius 1 is 1.00 bits per heavy atom. The molecule has 1 saturated heterocycles. The zero-order valence-electron chi connectivity index (χ0n) is 20.4. The van der Waals surface area contributed by atoms with Crippen molar-refractivity contribution >= 4 is 29.3 Å². The molecule has 1 fully saturated rings. The van der Waals surface area contributed by atoms with E-state index in [-0.39, 0.29) is 22.6 Å². The minimum absolute atomic E-state index is 0.0553. The minimum Gasteiger partial charge on any atom is -0.322 e. The molecule has 0 aliphatic carbocycles. The van der Waals surface area contributed by atoms with Gasteiger partial charge in [0.2, 0.25) is 5.91 Å². The molecule has 180 valence electrons. The fourth-order valence-corrected chi connectivity index (χ4v) is 5.55. The number of hydrogen-bond donors (Lipinski definition) is 1. The first-order chi connectivity index (χ1) is 16.8. The number of hydrazone groups is 1. The number of hydrogen-bond acceptors (Lipinski definition) is 4. The monoisotopic (exact) mass is 485 g/mol. The number of carbonyl (C=O) groups is 2. The van der Waals surface area contributed by atoms with Gasteiger partial charge in [0.15, 0.2) is 0 Å². The van der Waals surface area contributed by atoms with E-state index in [1.807, 2.05) is 72.5 Å². The van der Waals surface area contributed by atoms with Crippen LogP contribution in [0.1, 0.15) is 59.6 Å². The van der Waals surface area contributed by atoms with Crippen LogP contribution in [-0.2, 0) is 16.8 Å². The van der Waals surface area contributed by atoms with Crippen molar-refractivity contribution in [2.24, 2.45) is 5.10 Å². The smallest absolute Gasteiger partial charge is 0.271 e. The Kier molecular flexibility index (Phi) is 7.71. The molecule has 3 aromatic carbocycles. The average molecular weight is 486 g/mol. The number of rotatable bonds is 8. The molecule has 2 amide bonds. The lowest BCUT2D eigenvalue weighted by Gasteiger charge is -2.25. The van der Waals surface area contributed by atoms with Gasteiger partial charge in [0.1, 0.15) is 5.37 Å².